The van der Waals surface area contributed by atoms with Crippen molar-refractivity contribution in [3.63, 3.8) is 0 Å². The van der Waals surface area contributed by atoms with Crippen LogP contribution in [0.2, 0.25) is 0 Å². The van der Waals surface area contributed by atoms with Crippen LogP contribution in [0.25, 0.3) is 0 Å². The Morgan fingerprint density at radius 2 is 2.00 bits per heavy atom. The third-order valence-electron chi connectivity index (χ3n) is 6.87. The Morgan fingerprint density at radius 1 is 1.22 bits per heavy atom. The molecule has 2 amide bonds. The van der Waals surface area contributed by atoms with Gasteiger partial charge in [-0.05, 0) is 58.1 Å². The van der Waals surface area contributed by atoms with Crippen LogP contribution in [0.1, 0.15) is 60.4 Å². The molecule has 0 aromatic carbocycles. The van der Waals surface area contributed by atoms with Crippen LogP contribution < -0.4 is 10.6 Å². The normalized spacial score (nSPS) is 28.8. The summed E-state index contributed by atoms with van der Waals surface area (Å²) >= 11 is 0. The first kappa shape index (κ1) is 18.5. The predicted octanol–water partition coefficient (Wildman–Crippen LogP) is 2.40. The molecule has 0 spiro atoms. The van der Waals surface area contributed by atoms with Gasteiger partial charge in [-0.15, -0.1) is 0 Å². The Balaban J connectivity index is 1.34. The van der Waals surface area contributed by atoms with Gasteiger partial charge in [0.1, 0.15) is 11.5 Å². The van der Waals surface area contributed by atoms with E-state index in [1.54, 1.807) is 6.07 Å². The molecule has 4 rings (SSSR count). The number of hydrogen-bond acceptors (Lipinski definition) is 4. The molecule has 0 unspecified atom stereocenters. The Hall–Kier alpha value is -1.82. The minimum Gasteiger partial charge on any atom is -0.466 e. The van der Waals surface area contributed by atoms with Gasteiger partial charge in [0.25, 0.3) is 5.91 Å². The van der Waals surface area contributed by atoms with Crippen molar-refractivity contribution in [1.29, 1.82) is 0 Å². The van der Waals surface area contributed by atoms with E-state index in [0.29, 0.717) is 23.1 Å². The van der Waals surface area contributed by atoms with Crippen LogP contribution in [0.4, 0.5) is 0 Å². The minimum absolute atomic E-state index is 0.0694. The number of amides is 2. The second-order valence-electron chi connectivity index (χ2n) is 8.60. The van der Waals surface area contributed by atoms with Crippen molar-refractivity contribution >= 4 is 11.8 Å². The molecular formula is C21H31N3O3. The van der Waals surface area contributed by atoms with Crippen molar-refractivity contribution in [2.24, 2.45) is 11.3 Å². The van der Waals surface area contributed by atoms with Gasteiger partial charge in [-0.1, -0.05) is 12.8 Å². The molecule has 3 aliphatic rings. The lowest BCUT2D eigenvalue weighted by atomic mass is 9.67. The number of carbonyl (C=O) groups excluding carboxylic acids is 2. The first-order chi connectivity index (χ1) is 13.0. The summed E-state index contributed by atoms with van der Waals surface area (Å²) < 4.78 is 5.46. The SMILES string of the molecule is Cc1cc(C(=O)NC2CCN(C(=O)[C@@]34CCCC[C@H]3CNC4)CC2)c(C)o1. The summed E-state index contributed by atoms with van der Waals surface area (Å²) in [4.78, 5) is 27.9. The molecule has 1 saturated carbocycles. The van der Waals surface area contributed by atoms with E-state index >= 15 is 0 Å². The van der Waals surface area contributed by atoms with Gasteiger partial charge in [0.05, 0.1) is 11.0 Å². The highest BCUT2D eigenvalue weighted by Gasteiger charge is 2.51. The van der Waals surface area contributed by atoms with Crippen LogP contribution in [0.3, 0.4) is 0 Å². The number of aryl methyl sites for hydroxylation is 2. The molecule has 27 heavy (non-hydrogen) atoms. The largest absolute Gasteiger partial charge is 0.466 e. The molecular weight excluding hydrogens is 342 g/mol. The molecule has 2 N–H and O–H groups in total. The van der Waals surface area contributed by atoms with E-state index in [0.717, 1.165) is 51.2 Å². The van der Waals surface area contributed by atoms with Crippen molar-refractivity contribution < 1.29 is 14.0 Å². The topological polar surface area (TPSA) is 74.6 Å². The fourth-order valence-electron chi connectivity index (χ4n) is 5.33. The molecule has 0 bridgehead atoms. The summed E-state index contributed by atoms with van der Waals surface area (Å²) in [5, 5.41) is 6.60. The molecule has 148 valence electrons. The Kier molecular flexibility index (Phi) is 5.01. The zero-order valence-electron chi connectivity index (χ0n) is 16.5. The maximum Gasteiger partial charge on any atom is 0.255 e. The number of fused-ring (bicyclic) bond motifs is 1. The van der Waals surface area contributed by atoms with Crippen LogP contribution in [-0.4, -0.2) is 48.9 Å². The Morgan fingerprint density at radius 3 is 2.70 bits per heavy atom. The van der Waals surface area contributed by atoms with E-state index in [2.05, 4.69) is 15.5 Å². The number of rotatable bonds is 3. The maximum atomic E-state index is 13.3. The van der Waals surface area contributed by atoms with Crippen LogP contribution >= 0.6 is 0 Å². The van der Waals surface area contributed by atoms with Crippen LogP contribution in [0, 0.1) is 25.2 Å². The van der Waals surface area contributed by atoms with Gasteiger partial charge in [-0.2, -0.15) is 0 Å². The molecule has 6 nitrogen and oxygen atoms in total. The fraction of sp³-hybridized carbons (Fsp3) is 0.714. The molecule has 1 aliphatic carbocycles. The second kappa shape index (κ2) is 7.30. The van der Waals surface area contributed by atoms with E-state index in [1.165, 1.54) is 19.3 Å². The number of likely N-dealkylation sites (tertiary alicyclic amines) is 1. The van der Waals surface area contributed by atoms with Gasteiger partial charge >= 0.3 is 0 Å². The van der Waals surface area contributed by atoms with E-state index < -0.39 is 0 Å². The monoisotopic (exact) mass is 373 g/mol. The summed E-state index contributed by atoms with van der Waals surface area (Å²) in [7, 11) is 0. The van der Waals surface area contributed by atoms with Crippen LogP contribution in [-0.2, 0) is 4.79 Å². The molecule has 0 radical (unpaired) electrons. The quantitative estimate of drug-likeness (QED) is 0.853. The predicted molar refractivity (Wildman–Crippen MR) is 103 cm³/mol. The van der Waals surface area contributed by atoms with Crippen molar-refractivity contribution in [2.75, 3.05) is 26.2 Å². The van der Waals surface area contributed by atoms with Gasteiger partial charge in [-0.25, -0.2) is 0 Å². The average Bonchev–Trinajstić information content (AvgIpc) is 3.25. The molecule has 1 aromatic heterocycles. The molecule has 3 fully saturated rings. The standard InChI is InChI=1S/C21H31N3O3/c1-14-11-18(15(2)27-14)19(25)23-17-6-9-24(10-7-17)20(26)21-8-4-3-5-16(21)12-22-13-21/h11,16-17,22H,3-10,12-13H2,1-2H3,(H,23,25)/t16-,21+/m0/s1. The van der Waals surface area contributed by atoms with Crippen LogP contribution in [0.15, 0.2) is 10.5 Å². The van der Waals surface area contributed by atoms with Gasteiger partial charge in [0, 0.05) is 25.7 Å². The third-order valence-corrected chi connectivity index (χ3v) is 6.87. The van der Waals surface area contributed by atoms with E-state index in [4.69, 9.17) is 4.42 Å². The summed E-state index contributed by atoms with van der Waals surface area (Å²) in [6.45, 7) is 6.97. The average molecular weight is 373 g/mol. The van der Waals surface area contributed by atoms with E-state index in [9.17, 15) is 9.59 Å². The van der Waals surface area contributed by atoms with Gasteiger partial charge in [0.15, 0.2) is 0 Å². The lowest BCUT2D eigenvalue weighted by molar-refractivity contribution is -0.146. The highest BCUT2D eigenvalue weighted by Crippen LogP contribution is 2.45. The van der Waals surface area contributed by atoms with Crippen molar-refractivity contribution in [2.45, 2.75) is 58.4 Å². The summed E-state index contributed by atoms with van der Waals surface area (Å²) in [5.74, 6) is 2.20. The lowest BCUT2D eigenvalue weighted by Gasteiger charge is -2.43. The van der Waals surface area contributed by atoms with E-state index in [-0.39, 0.29) is 17.4 Å². The number of piperidine rings is 1. The van der Waals surface area contributed by atoms with Gasteiger partial charge in [-0.3, -0.25) is 9.59 Å². The molecule has 2 saturated heterocycles. The highest BCUT2D eigenvalue weighted by atomic mass is 16.3. The molecule has 1 aromatic rings. The highest BCUT2D eigenvalue weighted by molar-refractivity contribution is 5.95. The van der Waals surface area contributed by atoms with Gasteiger partial charge in [0.2, 0.25) is 5.91 Å². The maximum absolute atomic E-state index is 13.3. The summed E-state index contributed by atoms with van der Waals surface area (Å²) in [6, 6.07) is 1.91. The van der Waals surface area contributed by atoms with Crippen molar-refractivity contribution in [1.82, 2.24) is 15.5 Å². The summed E-state index contributed by atoms with van der Waals surface area (Å²) in [5.41, 5.74) is 0.451. The smallest absolute Gasteiger partial charge is 0.255 e. The van der Waals surface area contributed by atoms with Crippen LogP contribution in [0.5, 0.6) is 0 Å². The molecule has 2 atom stereocenters. The number of nitrogens with zero attached hydrogens (tertiary/aromatic N) is 1. The number of nitrogens with one attached hydrogen (secondary N) is 2. The zero-order chi connectivity index (χ0) is 19.0. The first-order valence-corrected chi connectivity index (χ1v) is 10.4. The molecule has 3 heterocycles. The first-order valence-electron chi connectivity index (χ1n) is 10.4. The summed E-state index contributed by atoms with van der Waals surface area (Å²) in [6.07, 6.45) is 6.26. The van der Waals surface area contributed by atoms with E-state index in [1.807, 2.05) is 13.8 Å². The molecule has 2 aliphatic heterocycles. The number of furan rings is 1. The van der Waals surface area contributed by atoms with Gasteiger partial charge < -0.3 is 20.0 Å². The zero-order valence-corrected chi connectivity index (χ0v) is 16.5. The lowest BCUT2D eigenvalue weighted by Crippen LogP contribution is -2.54. The second-order valence-corrected chi connectivity index (χ2v) is 8.60. The number of carbonyl (C=O) groups is 2. The minimum atomic E-state index is -0.167. The van der Waals surface area contributed by atoms with Crippen molar-refractivity contribution in [3.05, 3.63) is 23.2 Å². The Labute approximate surface area is 161 Å². The number of hydrogen-bond donors (Lipinski definition) is 2. The fourth-order valence-corrected chi connectivity index (χ4v) is 5.33. The molecule has 6 heteroatoms. The van der Waals surface area contributed by atoms with Crippen molar-refractivity contribution in [3.8, 4) is 0 Å². The Bertz CT molecular complexity index is 720. The third kappa shape index (κ3) is 3.40.